The van der Waals surface area contributed by atoms with Crippen molar-refractivity contribution in [2.75, 3.05) is 19.8 Å². The summed E-state index contributed by atoms with van der Waals surface area (Å²) in [6.07, 6.45) is 2.49. The normalized spacial score (nSPS) is 29.4. The van der Waals surface area contributed by atoms with E-state index < -0.39 is 0 Å². The third-order valence-electron chi connectivity index (χ3n) is 4.84. The Morgan fingerprint density at radius 1 is 1.41 bits per heavy atom. The summed E-state index contributed by atoms with van der Waals surface area (Å²) in [5.41, 5.74) is 1.24. The number of aliphatic hydroxyl groups excluding tert-OH is 1. The van der Waals surface area contributed by atoms with Crippen LogP contribution < -0.4 is 0 Å². The Morgan fingerprint density at radius 3 is 3.05 bits per heavy atom. The van der Waals surface area contributed by atoms with Gasteiger partial charge < -0.3 is 9.84 Å². The summed E-state index contributed by atoms with van der Waals surface area (Å²) in [5, 5.41) is 19.4. The third kappa shape index (κ3) is 3.14. The number of ether oxygens (including phenoxy) is 1. The molecule has 0 unspecified atom stereocenters. The molecule has 1 aromatic rings. The minimum Gasteiger partial charge on any atom is -0.393 e. The summed E-state index contributed by atoms with van der Waals surface area (Å²) in [7, 11) is 0. The number of aliphatic hydroxyl groups is 1. The molecule has 0 saturated carbocycles. The Balaban J connectivity index is 1.75. The van der Waals surface area contributed by atoms with Gasteiger partial charge in [0.1, 0.15) is 5.82 Å². The molecule has 3 rings (SSSR count). The van der Waals surface area contributed by atoms with E-state index in [4.69, 9.17) is 4.74 Å². The Hall–Kier alpha value is -1.48. The van der Waals surface area contributed by atoms with E-state index in [0.29, 0.717) is 31.7 Å². The highest BCUT2D eigenvalue weighted by molar-refractivity contribution is 5.38. The van der Waals surface area contributed by atoms with Gasteiger partial charge in [-0.25, -0.2) is 4.39 Å². The van der Waals surface area contributed by atoms with Crippen molar-refractivity contribution in [1.82, 2.24) is 4.90 Å². The number of nitrogens with zero attached hydrogens (tertiary/aromatic N) is 2. The highest BCUT2D eigenvalue weighted by atomic mass is 19.1. The Labute approximate surface area is 130 Å². The number of likely N-dealkylation sites (tertiary alicyclic amines) is 1. The monoisotopic (exact) mass is 304 g/mol. The minimum atomic E-state index is -0.380. The van der Waals surface area contributed by atoms with Crippen LogP contribution in [0.5, 0.6) is 0 Å². The molecule has 2 heterocycles. The molecule has 0 aromatic heterocycles. The first-order chi connectivity index (χ1) is 10.7. The molecule has 3 atom stereocenters. The van der Waals surface area contributed by atoms with Gasteiger partial charge in [0.2, 0.25) is 0 Å². The standard InChI is InChI=1S/C17H21FN2O2/c18-14-4-3-12(13(8-14)9-19)10-20-6-1-2-16(20)15-11-22-7-5-17(15)21/h3-4,8,15-17,21H,1-2,5-7,10-11H2/t15-,16-,17-/m1/s1. The molecular formula is C17H21FN2O2. The average molecular weight is 304 g/mol. The van der Waals surface area contributed by atoms with Crippen LogP contribution in [0.1, 0.15) is 30.4 Å². The summed E-state index contributed by atoms with van der Waals surface area (Å²) >= 11 is 0. The molecular weight excluding hydrogens is 283 g/mol. The van der Waals surface area contributed by atoms with Crippen LogP contribution in [0.25, 0.3) is 0 Å². The number of hydrogen-bond donors (Lipinski definition) is 1. The summed E-state index contributed by atoms with van der Waals surface area (Å²) in [6, 6.07) is 6.73. The zero-order valence-corrected chi connectivity index (χ0v) is 12.5. The van der Waals surface area contributed by atoms with E-state index in [1.165, 1.54) is 12.1 Å². The van der Waals surface area contributed by atoms with Crippen LogP contribution in [0.2, 0.25) is 0 Å². The van der Waals surface area contributed by atoms with Gasteiger partial charge in [-0.1, -0.05) is 6.07 Å². The van der Waals surface area contributed by atoms with Crippen LogP contribution in [0.4, 0.5) is 4.39 Å². The van der Waals surface area contributed by atoms with E-state index in [0.717, 1.165) is 24.9 Å². The van der Waals surface area contributed by atoms with Gasteiger partial charge in [0.15, 0.2) is 0 Å². The lowest BCUT2D eigenvalue weighted by Crippen LogP contribution is -2.45. The Morgan fingerprint density at radius 2 is 2.27 bits per heavy atom. The second kappa shape index (κ2) is 6.74. The lowest BCUT2D eigenvalue weighted by atomic mass is 9.89. The number of nitriles is 1. The molecule has 22 heavy (non-hydrogen) atoms. The zero-order chi connectivity index (χ0) is 15.5. The van der Waals surface area contributed by atoms with Crippen molar-refractivity contribution in [1.29, 1.82) is 5.26 Å². The maximum Gasteiger partial charge on any atom is 0.124 e. The highest BCUT2D eigenvalue weighted by Crippen LogP contribution is 2.31. The molecule has 2 fully saturated rings. The van der Waals surface area contributed by atoms with Crippen molar-refractivity contribution >= 4 is 0 Å². The molecule has 0 bridgehead atoms. The molecule has 2 saturated heterocycles. The minimum absolute atomic E-state index is 0.127. The maximum atomic E-state index is 13.3. The summed E-state index contributed by atoms with van der Waals surface area (Å²) < 4.78 is 18.8. The molecule has 118 valence electrons. The second-order valence-electron chi connectivity index (χ2n) is 6.19. The maximum absolute atomic E-state index is 13.3. The molecule has 1 N–H and O–H groups in total. The SMILES string of the molecule is N#Cc1cc(F)ccc1CN1CCC[C@@H]1[C@H]1COCC[C@H]1O. The molecule has 0 spiro atoms. The molecule has 0 radical (unpaired) electrons. The van der Waals surface area contributed by atoms with Crippen LogP contribution in [0.3, 0.4) is 0 Å². The van der Waals surface area contributed by atoms with E-state index in [-0.39, 0.29) is 23.9 Å². The number of rotatable bonds is 3. The van der Waals surface area contributed by atoms with E-state index in [1.54, 1.807) is 6.07 Å². The van der Waals surface area contributed by atoms with Gasteiger partial charge in [-0.3, -0.25) is 4.90 Å². The van der Waals surface area contributed by atoms with E-state index >= 15 is 0 Å². The van der Waals surface area contributed by atoms with Gasteiger partial charge in [-0.2, -0.15) is 5.26 Å². The van der Waals surface area contributed by atoms with Crippen molar-refractivity contribution in [3.8, 4) is 6.07 Å². The van der Waals surface area contributed by atoms with E-state index in [2.05, 4.69) is 11.0 Å². The van der Waals surface area contributed by atoms with Gasteiger partial charge in [0.25, 0.3) is 0 Å². The molecule has 1 aromatic carbocycles. The first kappa shape index (κ1) is 15.4. The smallest absolute Gasteiger partial charge is 0.124 e. The van der Waals surface area contributed by atoms with E-state index in [1.807, 2.05) is 0 Å². The zero-order valence-electron chi connectivity index (χ0n) is 12.5. The van der Waals surface area contributed by atoms with Crippen LogP contribution in [0, 0.1) is 23.1 Å². The van der Waals surface area contributed by atoms with Crippen LogP contribution in [-0.2, 0) is 11.3 Å². The number of benzene rings is 1. The first-order valence-corrected chi connectivity index (χ1v) is 7.87. The predicted octanol–water partition coefficient (Wildman–Crippen LogP) is 2.06. The molecule has 0 aliphatic carbocycles. The average Bonchev–Trinajstić information content (AvgIpc) is 2.97. The highest BCUT2D eigenvalue weighted by Gasteiger charge is 2.37. The lowest BCUT2D eigenvalue weighted by Gasteiger charge is -2.37. The topological polar surface area (TPSA) is 56.5 Å². The molecule has 2 aliphatic rings. The summed E-state index contributed by atoms with van der Waals surface area (Å²) in [6.45, 7) is 2.78. The van der Waals surface area contributed by atoms with Gasteiger partial charge in [0.05, 0.1) is 24.3 Å². The van der Waals surface area contributed by atoms with Gasteiger partial charge in [-0.15, -0.1) is 0 Å². The predicted molar refractivity (Wildman–Crippen MR) is 79.5 cm³/mol. The van der Waals surface area contributed by atoms with Crippen LogP contribution in [-0.4, -0.2) is 41.9 Å². The fourth-order valence-electron chi connectivity index (χ4n) is 3.66. The van der Waals surface area contributed by atoms with Crippen molar-refractivity contribution in [3.63, 3.8) is 0 Å². The van der Waals surface area contributed by atoms with Crippen molar-refractivity contribution in [2.45, 2.75) is 38.0 Å². The molecule has 2 aliphatic heterocycles. The number of halogens is 1. The fraction of sp³-hybridized carbons (Fsp3) is 0.588. The van der Waals surface area contributed by atoms with Crippen molar-refractivity contribution in [2.24, 2.45) is 5.92 Å². The largest absolute Gasteiger partial charge is 0.393 e. The Bertz CT molecular complexity index is 572. The van der Waals surface area contributed by atoms with Crippen LogP contribution >= 0.6 is 0 Å². The lowest BCUT2D eigenvalue weighted by molar-refractivity contribution is -0.0636. The van der Waals surface area contributed by atoms with Gasteiger partial charge in [0, 0.05) is 25.1 Å². The third-order valence-corrected chi connectivity index (χ3v) is 4.84. The van der Waals surface area contributed by atoms with Crippen LogP contribution in [0.15, 0.2) is 18.2 Å². The van der Waals surface area contributed by atoms with Crippen molar-refractivity contribution < 1.29 is 14.2 Å². The molecule has 0 amide bonds. The first-order valence-electron chi connectivity index (χ1n) is 7.87. The second-order valence-corrected chi connectivity index (χ2v) is 6.19. The number of hydrogen-bond acceptors (Lipinski definition) is 4. The fourth-order valence-corrected chi connectivity index (χ4v) is 3.66. The van der Waals surface area contributed by atoms with Crippen molar-refractivity contribution in [3.05, 3.63) is 35.1 Å². The summed E-state index contributed by atoms with van der Waals surface area (Å²) in [4.78, 5) is 2.30. The van der Waals surface area contributed by atoms with Gasteiger partial charge >= 0.3 is 0 Å². The Kier molecular flexibility index (Phi) is 4.72. The summed E-state index contributed by atoms with van der Waals surface area (Å²) in [5.74, 6) is -0.253. The molecule has 4 nitrogen and oxygen atoms in total. The molecule has 5 heteroatoms. The van der Waals surface area contributed by atoms with Gasteiger partial charge in [-0.05, 0) is 43.5 Å². The van der Waals surface area contributed by atoms with E-state index in [9.17, 15) is 14.8 Å². The quantitative estimate of drug-likeness (QED) is 0.928.